The van der Waals surface area contributed by atoms with Gasteiger partial charge in [-0.05, 0) is 68.8 Å². The van der Waals surface area contributed by atoms with E-state index in [1.807, 2.05) is 12.1 Å². The van der Waals surface area contributed by atoms with E-state index >= 15 is 0 Å². The van der Waals surface area contributed by atoms with Crippen molar-refractivity contribution in [3.05, 3.63) is 53.6 Å². The van der Waals surface area contributed by atoms with Gasteiger partial charge >= 0.3 is 24.3 Å². The Morgan fingerprint density at radius 2 is 1.43 bits per heavy atom. The second-order valence-corrected chi connectivity index (χ2v) is 12.4. The number of phenols is 1. The first kappa shape index (κ1) is 44.6. The van der Waals surface area contributed by atoms with Crippen LogP contribution in [0.1, 0.15) is 56.6 Å². The van der Waals surface area contributed by atoms with E-state index in [0.717, 1.165) is 18.5 Å². The SMILES string of the molecule is C[C@H](C1CCCCC1)N(CCNCCc1ccc(O)c2c1OCC(=O)N2)C(=O)CCNCCc1ccccc1.O=C(O)C(F)(F)F.O=C(O)C(F)(F)F. The molecule has 0 bridgehead atoms. The van der Waals surface area contributed by atoms with Crippen molar-refractivity contribution in [2.45, 2.75) is 76.7 Å². The van der Waals surface area contributed by atoms with Crippen molar-refractivity contribution < 1.29 is 65.6 Å². The summed E-state index contributed by atoms with van der Waals surface area (Å²) in [6, 6.07) is 14.1. The number of halogens is 6. The molecule has 0 saturated heterocycles. The number of ether oxygens (including phenoxy) is 1. The summed E-state index contributed by atoms with van der Waals surface area (Å²) in [5, 5.41) is 33.9. The molecule has 2 aromatic carbocycles. The third kappa shape index (κ3) is 16.3. The summed E-state index contributed by atoms with van der Waals surface area (Å²) in [4.78, 5) is 44.9. The van der Waals surface area contributed by atoms with Gasteiger partial charge in [-0.1, -0.05) is 55.7 Å². The molecule has 2 aromatic rings. The van der Waals surface area contributed by atoms with Gasteiger partial charge in [-0.15, -0.1) is 0 Å². The number of amides is 2. The molecule has 296 valence electrons. The van der Waals surface area contributed by atoms with E-state index in [1.165, 1.54) is 37.7 Å². The number of nitrogens with zero attached hydrogens (tertiary/aromatic N) is 1. The Morgan fingerprint density at radius 3 is 2.02 bits per heavy atom. The van der Waals surface area contributed by atoms with Gasteiger partial charge in [0.25, 0.3) is 5.91 Å². The van der Waals surface area contributed by atoms with Crippen LogP contribution in [0.4, 0.5) is 32.0 Å². The van der Waals surface area contributed by atoms with Crippen LogP contribution in [0.2, 0.25) is 0 Å². The highest BCUT2D eigenvalue weighted by Crippen LogP contribution is 2.39. The summed E-state index contributed by atoms with van der Waals surface area (Å²) in [6.45, 7) is 5.83. The minimum absolute atomic E-state index is 0.00942. The van der Waals surface area contributed by atoms with Crippen molar-refractivity contribution in [3.63, 3.8) is 0 Å². The maximum atomic E-state index is 13.3. The van der Waals surface area contributed by atoms with E-state index in [4.69, 9.17) is 24.5 Å². The minimum Gasteiger partial charge on any atom is -0.506 e. The fourth-order valence-corrected chi connectivity index (χ4v) is 5.73. The molecular weight excluding hydrogens is 718 g/mol. The molecule has 2 aliphatic rings. The van der Waals surface area contributed by atoms with Crippen molar-refractivity contribution in [2.24, 2.45) is 5.92 Å². The van der Waals surface area contributed by atoms with Crippen LogP contribution in [-0.4, -0.2) is 102 Å². The number of carbonyl (C=O) groups is 4. The van der Waals surface area contributed by atoms with Gasteiger partial charge in [-0.25, -0.2) is 9.59 Å². The number of hydrogen-bond acceptors (Lipinski definition) is 8. The predicted octanol–water partition coefficient (Wildman–Crippen LogP) is 5.14. The molecule has 12 nitrogen and oxygen atoms in total. The molecule has 1 atom stereocenters. The topological polar surface area (TPSA) is 178 Å². The van der Waals surface area contributed by atoms with Crippen LogP contribution in [0, 0.1) is 5.92 Å². The molecule has 1 fully saturated rings. The van der Waals surface area contributed by atoms with Gasteiger partial charge in [0.15, 0.2) is 12.4 Å². The van der Waals surface area contributed by atoms with E-state index in [0.29, 0.717) is 56.4 Å². The first-order valence-corrected chi connectivity index (χ1v) is 17.0. The molecule has 1 saturated carbocycles. The number of fused-ring (bicyclic) bond motifs is 1. The molecule has 6 N–H and O–H groups in total. The van der Waals surface area contributed by atoms with Gasteiger partial charge in [-0.2, -0.15) is 26.3 Å². The largest absolute Gasteiger partial charge is 0.506 e. The second kappa shape index (κ2) is 21.8. The maximum absolute atomic E-state index is 13.3. The number of rotatable bonds is 14. The summed E-state index contributed by atoms with van der Waals surface area (Å²) in [7, 11) is 0. The molecule has 0 spiro atoms. The second-order valence-electron chi connectivity index (χ2n) is 12.4. The average Bonchev–Trinajstić information content (AvgIpc) is 3.11. The molecule has 53 heavy (non-hydrogen) atoms. The number of anilines is 1. The van der Waals surface area contributed by atoms with Crippen LogP contribution in [0.3, 0.4) is 0 Å². The Labute approximate surface area is 302 Å². The van der Waals surface area contributed by atoms with Crippen LogP contribution >= 0.6 is 0 Å². The van der Waals surface area contributed by atoms with E-state index in [1.54, 1.807) is 6.07 Å². The fraction of sp³-hybridized carbons (Fsp3) is 0.543. The summed E-state index contributed by atoms with van der Waals surface area (Å²) in [5.41, 5.74) is 2.58. The van der Waals surface area contributed by atoms with E-state index in [2.05, 4.69) is 52.0 Å². The van der Waals surface area contributed by atoms with Gasteiger partial charge in [-0.3, -0.25) is 9.59 Å². The highest BCUT2D eigenvalue weighted by atomic mass is 19.4. The lowest BCUT2D eigenvalue weighted by molar-refractivity contribution is -0.193. The van der Waals surface area contributed by atoms with Gasteiger partial charge in [0.05, 0.1) is 0 Å². The van der Waals surface area contributed by atoms with E-state index < -0.39 is 24.3 Å². The zero-order valence-electron chi connectivity index (χ0n) is 29.2. The Morgan fingerprint density at radius 1 is 0.868 bits per heavy atom. The standard InChI is InChI=1S/C31H44N4O4.2C2HF3O2/c1-23(25-10-6-3-7-11-25)35(29(38)16-19-32-17-14-24-8-4-2-5-9-24)21-20-33-18-15-26-12-13-27(36)30-31(26)39-22-28(37)34-30;2*3-2(4,5)1(6)7/h2,4-5,8-9,12-13,23,25,32-33,36H,3,6-7,10-11,14-22H2,1H3,(H,34,37);2*(H,6,7)/t23-;;/m1../s1. The first-order valence-electron chi connectivity index (χ1n) is 17.0. The third-order valence-electron chi connectivity index (χ3n) is 8.51. The molecule has 4 rings (SSSR count). The molecule has 0 radical (unpaired) electrons. The number of carbonyl (C=O) groups excluding carboxylic acids is 2. The van der Waals surface area contributed by atoms with Gasteiger partial charge in [0, 0.05) is 32.1 Å². The van der Waals surface area contributed by atoms with Crippen molar-refractivity contribution in [1.82, 2.24) is 15.5 Å². The monoisotopic (exact) mass is 764 g/mol. The van der Waals surface area contributed by atoms with Crippen LogP contribution in [0.25, 0.3) is 0 Å². The fourth-order valence-electron chi connectivity index (χ4n) is 5.73. The number of hydrogen-bond donors (Lipinski definition) is 6. The van der Waals surface area contributed by atoms with Crippen LogP contribution < -0.4 is 20.7 Å². The van der Waals surface area contributed by atoms with Crippen molar-refractivity contribution in [1.29, 1.82) is 0 Å². The zero-order valence-corrected chi connectivity index (χ0v) is 29.2. The molecule has 1 aliphatic heterocycles. The number of aromatic hydroxyl groups is 1. The van der Waals surface area contributed by atoms with Crippen LogP contribution in [0.5, 0.6) is 11.5 Å². The highest BCUT2D eigenvalue weighted by Gasteiger charge is 2.39. The van der Waals surface area contributed by atoms with Gasteiger partial charge in [0.1, 0.15) is 11.4 Å². The van der Waals surface area contributed by atoms with Gasteiger partial charge < -0.3 is 40.9 Å². The minimum atomic E-state index is -5.08. The summed E-state index contributed by atoms with van der Waals surface area (Å²) >= 11 is 0. The number of alkyl halides is 6. The number of nitrogens with one attached hydrogen (secondary N) is 3. The normalized spacial score (nSPS) is 14.9. The van der Waals surface area contributed by atoms with Crippen molar-refractivity contribution in [3.8, 4) is 11.5 Å². The Bertz CT molecular complexity index is 1450. The number of carboxylic acid groups (broad SMARTS) is 2. The molecule has 1 heterocycles. The van der Waals surface area contributed by atoms with Crippen LogP contribution in [0.15, 0.2) is 42.5 Å². The molecule has 2 amide bonds. The maximum Gasteiger partial charge on any atom is 0.490 e. The number of phenolic OH excluding ortho intramolecular Hbond substituents is 1. The lowest BCUT2D eigenvalue weighted by Gasteiger charge is -2.37. The quantitative estimate of drug-likeness (QED) is 0.0858. The number of aliphatic carboxylic acids is 2. The lowest BCUT2D eigenvalue weighted by atomic mass is 9.84. The summed E-state index contributed by atoms with van der Waals surface area (Å²) in [6.07, 6.45) is -1.77. The smallest absolute Gasteiger partial charge is 0.490 e. The highest BCUT2D eigenvalue weighted by molar-refractivity contribution is 5.97. The summed E-state index contributed by atoms with van der Waals surface area (Å²) in [5.74, 6) is -4.44. The number of carboxylic acids is 2. The van der Waals surface area contributed by atoms with Crippen molar-refractivity contribution >= 4 is 29.4 Å². The first-order chi connectivity index (χ1) is 24.9. The lowest BCUT2D eigenvalue weighted by Crippen LogP contribution is -2.47. The molecular formula is C35H46F6N4O8. The van der Waals surface area contributed by atoms with E-state index in [9.17, 15) is 41.0 Å². The van der Waals surface area contributed by atoms with Gasteiger partial charge in [0.2, 0.25) is 5.91 Å². The average molecular weight is 765 g/mol. The predicted molar refractivity (Wildman–Crippen MR) is 182 cm³/mol. The summed E-state index contributed by atoms with van der Waals surface area (Å²) < 4.78 is 69.1. The molecule has 0 aromatic heterocycles. The Kier molecular flexibility index (Phi) is 18.4. The van der Waals surface area contributed by atoms with Crippen LogP contribution in [-0.2, 0) is 32.0 Å². The van der Waals surface area contributed by atoms with Crippen molar-refractivity contribution in [2.75, 3.05) is 44.6 Å². The Hall–Kier alpha value is -4.58. The van der Waals surface area contributed by atoms with E-state index in [-0.39, 0.29) is 30.2 Å². The number of benzene rings is 2. The third-order valence-corrected chi connectivity index (χ3v) is 8.51. The molecule has 1 aliphatic carbocycles. The molecule has 0 unspecified atom stereocenters. The molecule has 18 heteroatoms. The Balaban J connectivity index is 0.000000587. The zero-order chi connectivity index (χ0) is 39.6.